The third-order valence-electron chi connectivity index (χ3n) is 17.8. The van der Waals surface area contributed by atoms with Crippen LogP contribution in [-0.2, 0) is 65.4 Å². The second-order valence-electron chi connectivity index (χ2n) is 27.9. The first-order chi connectivity index (χ1) is 46.0. The maximum absolute atomic E-state index is 13.1. The van der Waals surface area contributed by atoms with E-state index >= 15 is 0 Å². The molecular formula is C76H148O17P2. The van der Waals surface area contributed by atoms with Gasteiger partial charge >= 0.3 is 39.5 Å². The van der Waals surface area contributed by atoms with E-state index in [0.29, 0.717) is 25.7 Å². The molecule has 0 rings (SSSR count). The zero-order valence-electron chi connectivity index (χ0n) is 61.8. The van der Waals surface area contributed by atoms with E-state index in [1.54, 1.807) is 0 Å². The van der Waals surface area contributed by atoms with E-state index in [1.807, 2.05) is 0 Å². The fourth-order valence-electron chi connectivity index (χ4n) is 11.7. The van der Waals surface area contributed by atoms with Crippen LogP contribution >= 0.6 is 15.6 Å². The highest BCUT2D eigenvalue weighted by Crippen LogP contribution is 2.45. The van der Waals surface area contributed by atoms with E-state index in [0.717, 1.165) is 95.8 Å². The Morgan fingerprint density at radius 3 is 0.716 bits per heavy atom. The van der Waals surface area contributed by atoms with E-state index < -0.39 is 97.5 Å². The molecule has 0 aliphatic heterocycles. The average molecular weight is 1400 g/mol. The molecule has 0 aromatic rings. The second kappa shape index (κ2) is 69.2. The molecule has 0 heterocycles. The van der Waals surface area contributed by atoms with Gasteiger partial charge in [0.2, 0.25) is 0 Å². The molecule has 95 heavy (non-hydrogen) atoms. The van der Waals surface area contributed by atoms with Gasteiger partial charge in [-0.3, -0.25) is 37.3 Å². The summed E-state index contributed by atoms with van der Waals surface area (Å²) in [6.45, 7) is 7.31. The van der Waals surface area contributed by atoms with Crippen molar-refractivity contribution in [2.45, 2.75) is 419 Å². The van der Waals surface area contributed by atoms with Crippen molar-refractivity contribution in [3.63, 3.8) is 0 Å². The number of ether oxygens (including phenoxy) is 4. The Labute approximate surface area is 581 Å². The quantitative estimate of drug-likeness (QED) is 0.0222. The number of carbonyl (C=O) groups is 4. The van der Waals surface area contributed by atoms with Crippen molar-refractivity contribution in [2.24, 2.45) is 5.92 Å². The molecule has 0 bridgehead atoms. The zero-order chi connectivity index (χ0) is 69.8. The zero-order valence-corrected chi connectivity index (χ0v) is 63.6. The molecule has 0 radical (unpaired) electrons. The molecular weight excluding hydrogens is 1250 g/mol. The number of carbonyl (C=O) groups excluding carboxylic acids is 4. The third kappa shape index (κ3) is 70.3. The van der Waals surface area contributed by atoms with Gasteiger partial charge in [0.15, 0.2) is 12.2 Å². The largest absolute Gasteiger partial charge is 0.472 e. The minimum Gasteiger partial charge on any atom is -0.462 e. The molecule has 0 spiro atoms. The summed E-state index contributed by atoms with van der Waals surface area (Å²) in [6.07, 6.45) is 58.1. The molecule has 19 heteroatoms. The molecule has 0 aromatic heterocycles. The van der Waals surface area contributed by atoms with E-state index in [9.17, 15) is 43.2 Å². The van der Waals surface area contributed by atoms with Crippen molar-refractivity contribution in [3.8, 4) is 0 Å². The number of rotatable bonds is 76. The number of hydrogen-bond donors (Lipinski definition) is 3. The van der Waals surface area contributed by atoms with Crippen molar-refractivity contribution in [3.05, 3.63) is 0 Å². The molecule has 0 saturated heterocycles. The monoisotopic (exact) mass is 1400 g/mol. The molecule has 0 amide bonds. The van der Waals surface area contributed by atoms with Crippen LogP contribution in [0.25, 0.3) is 0 Å². The minimum atomic E-state index is -4.96. The standard InChI is InChI=1S/C76H148O17P2/c1-6-9-12-15-18-21-24-26-27-28-31-36-40-45-50-55-60-74(79)87-66-72(93-76(81)62-57-52-47-42-37-32-29-30-34-38-43-48-53-58-69(4)5)68-91-95(84,85)89-64-70(77)63-88-94(82,83)90-67-71(65-86-73(78)59-54-49-44-39-33-23-20-17-14-11-8-3)92-75(80)61-56-51-46-41-35-25-22-19-16-13-10-7-2/h69-72,77H,6-68H2,1-5H3,(H,82,83)(H,84,85)/t70-,71+,72+/m0/s1. The Balaban J connectivity index is 5.25. The van der Waals surface area contributed by atoms with Gasteiger partial charge in [-0.2, -0.15) is 0 Å². The highest BCUT2D eigenvalue weighted by Gasteiger charge is 2.30. The number of unbranched alkanes of at least 4 members (excludes halogenated alkanes) is 48. The topological polar surface area (TPSA) is 237 Å². The summed E-state index contributed by atoms with van der Waals surface area (Å²) < 4.78 is 68.5. The molecule has 564 valence electrons. The Hall–Kier alpha value is -1.94. The van der Waals surface area contributed by atoms with Gasteiger partial charge in [0.05, 0.1) is 26.4 Å². The van der Waals surface area contributed by atoms with Gasteiger partial charge in [0.25, 0.3) is 0 Å². The Bertz CT molecular complexity index is 1820. The lowest BCUT2D eigenvalue weighted by atomic mass is 10.0. The highest BCUT2D eigenvalue weighted by molar-refractivity contribution is 7.47. The number of phosphoric acid groups is 2. The lowest BCUT2D eigenvalue weighted by Crippen LogP contribution is -2.30. The highest BCUT2D eigenvalue weighted by atomic mass is 31.2. The summed E-state index contributed by atoms with van der Waals surface area (Å²) in [5, 5.41) is 10.6. The van der Waals surface area contributed by atoms with Crippen molar-refractivity contribution < 1.29 is 80.2 Å². The average Bonchev–Trinajstić information content (AvgIpc) is 1.48. The first-order valence-corrected chi connectivity index (χ1v) is 42.6. The molecule has 3 N–H and O–H groups in total. The minimum absolute atomic E-state index is 0.108. The van der Waals surface area contributed by atoms with Gasteiger partial charge in [-0.15, -0.1) is 0 Å². The maximum Gasteiger partial charge on any atom is 0.472 e. The van der Waals surface area contributed by atoms with E-state index in [-0.39, 0.29) is 25.7 Å². The van der Waals surface area contributed by atoms with Crippen molar-refractivity contribution >= 4 is 39.5 Å². The van der Waals surface area contributed by atoms with Crippen LogP contribution in [0.1, 0.15) is 401 Å². The SMILES string of the molecule is CCCCCCCCCCCCCCCCCCC(=O)OC[C@H](COP(=O)(O)OC[C@@H](O)COP(=O)(O)OC[C@@H](COC(=O)CCCCCCCCCCCCC)OC(=O)CCCCCCCCCCCCCC)OC(=O)CCCCCCCCCCCCCCCC(C)C. The molecule has 0 aromatic carbocycles. The Kier molecular flexibility index (Phi) is 67.7. The summed E-state index contributed by atoms with van der Waals surface area (Å²) >= 11 is 0. The molecule has 17 nitrogen and oxygen atoms in total. The van der Waals surface area contributed by atoms with Gasteiger partial charge < -0.3 is 33.8 Å². The van der Waals surface area contributed by atoms with Crippen molar-refractivity contribution in [1.29, 1.82) is 0 Å². The number of phosphoric ester groups is 2. The number of hydrogen-bond acceptors (Lipinski definition) is 15. The lowest BCUT2D eigenvalue weighted by molar-refractivity contribution is -0.161. The molecule has 0 aliphatic rings. The second-order valence-corrected chi connectivity index (χ2v) is 30.8. The van der Waals surface area contributed by atoms with E-state index in [2.05, 4.69) is 34.6 Å². The maximum atomic E-state index is 13.1. The summed E-state index contributed by atoms with van der Waals surface area (Å²) in [6, 6.07) is 0. The first kappa shape index (κ1) is 93.1. The van der Waals surface area contributed by atoms with Crippen molar-refractivity contribution in [2.75, 3.05) is 39.6 Å². The van der Waals surface area contributed by atoms with Gasteiger partial charge in [-0.05, 0) is 31.6 Å². The van der Waals surface area contributed by atoms with E-state index in [4.69, 9.17) is 37.0 Å². The number of esters is 4. The van der Waals surface area contributed by atoms with Gasteiger partial charge in [0.1, 0.15) is 19.3 Å². The normalized spacial score (nSPS) is 13.9. The predicted molar refractivity (Wildman–Crippen MR) is 386 cm³/mol. The molecule has 0 saturated carbocycles. The smallest absolute Gasteiger partial charge is 0.462 e. The Morgan fingerprint density at radius 1 is 0.284 bits per heavy atom. The fraction of sp³-hybridized carbons (Fsp3) is 0.947. The van der Waals surface area contributed by atoms with Gasteiger partial charge in [0, 0.05) is 25.7 Å². The van der Waals surface area contributed by atoms with Crippen LogP contribution in [-0.4, -0.2) is 96.7 Å². The molecule has 0 aliphatic carbocycles. The summed E-state index contributed by atoms with van der Waals surface area (Å²) in [5.74, 6) is -1.32. The Morgan fingerprint density at radius 2 is 0.484 bits per heavy atom. The third-order valence-corrected chi connectivity index (χ3v) is 19.7. The van der Waals surface area contributed by atoms with Gasteiger partial charge in [-0.25, -0.2) is 9.13 Å². The number of aliphatic hydroxyl groups is 1. The van der Waals surface area contributed by atoms with Crippen LogP contribution in [0.5, 0.6) is 0 Å². The summed E-state index contributed by atoms with van der Waals surface area (Å²) in [7, 11) is -9.91. The predicted octanol–water partition coefficient (Wildman–Crippen LogP) is 22.5. The van der Waals surface area contributed by atoms with Crippen LogP contribution in [0.3, 0.4) is 0 Å². The van der Waals surface area contributed by atoms with Crippen LogP contribution in [0, 0.1) is 5.92 Å². The van der Waals surface area contributed by atoms with Crippen LogP contribution in [0.15, 0.2) is 0 Å². The lowest BCUT2D eigenvalue weighted by Gasteiger charge is -2.21. The van der Waals surface area contributed by atoms with E-state index in [1.165, 1.54) is 225 Å². The summed E-state index contributed by atoms with van der Waals surface area (Å²) in [4.78, 5) is 72.8. The fourth-order valence-corrected chi connectivity index (χ4v) is 13.3. The first-order valence-electron chi connectivity index (χ1n) is 39.6. The summed E-state index contributed by atoms with van der Waals surface area (Å²) in [5.41, 5.74) is 0. The van der Waals surface area contributed by atoms with Crippen LogP contribution in [0.2, 0.25) is 0 Å². The van der Waals surface area contributed by atoms with Gasteiger partial charge in [-0.1, -0.05) is 349 Å². The van der Waals surface area contributed by atoms with Crippen LogP contribution < -0.4 is 0 Å². The molecule has 0 fully saturated rings. The molecule has 5 atom stereocenters. The number of aliphatic hydroxyl groups excluding tert-OH is 1. The van der Waals surface area contributed by atoms with Crippen molar-refractivity contribution in [1.82, 2.24) is 0 Å². The molecule has 2 unspecified atom stereocenters. The van der Waals surface area contributed by atoms with Crippen LogP contribution in [0.4, 0.5) is 0 Å².